The number of nitriles is 1. The van der Waals surface area contributed by atoms with Crippen molar-refractivity contribution in [1.82, 2.24) is 14.7 Å². The zero-order valence-electron chi connectivity index (χ0n) is 27.2. The van der Waals surface area contributed by atoms with E-state index in [-0.39, 0.29) is 17.8 Å². The molecule has 1 fully saturated rings. The van der Waals surface area contributed by atoms with Gasteiger partial charge in [0.05, 0.1) is 36.7 Å². The van der Waals surface area contributed by atoms with Gasteiger partial charge in [-0.15, -0.1) is 13.2 Å². The van der Waals surface area contributed by atoms with Gasteiger partial charge in [-0.25, -0.2) is 4.79 Å². The molecule has 0 spiro atoms. The minimum absolute atomic E-state index is 0.0953. The smallest absolute Gasteiger partial charge is 0.326 e. The van der Waals surface area contributed by atoms with Gasteiger partial charge in [0.1, 0.15) is 29.9 Å². The maximum Gasteiger partial charge on any atom is 0.326 e. The lowest BCUT2D eigenvalue weighted by atomic mass is 9.85. The molecule has 10 heteroatoms. The van der Waals surface area contributed by atoms with Crippen molar-refractivity contribution in [3.05, 3.63) is 103 Å². The van der Waals surface area contributed by atoms with Gasteiger partial charge in [0.2, 0.25) is 0 Å². The van der Waals surface area contributed by atoms with E-state index in [2.05, 4.69) is 31.1 Å². The summed E-state index contributed by atoms with van der Waals surface area (Å²) in [6, 6.07) is 23.2. The van der Waals surface area contributed by atoms with Gasteiger partial charge in [-0.3, -0.25) is 9.89 Å². The van der Waals surface area contributed by atoms with Crippen LogP contribution in [0.3, 0.4) is 0 Å². The molecule has 2 amide bonds. The summed E-state index contributed by atoms with van der Waals surface area (Å²) in [4.78, 5) is 32.8. The van der Waals surface area contributed by atoms with Gasteiger partial charge in [0.15, 0.2) is 0 Å². The second kappa shape index (κ2) is 18.0. The van der Waals surface area contributed by atoms with Crippen molar-refractivity contribution < 1.29 is 24.5 Å². The zero-order chi connectivity index (χ0) is 34.3. The van der Waals surface area contributed by atoms with Crippen molar-refractivity contribution in [2.45, 2.75) is 32.2 Å². The Balaban J connectivity index is 0.000000576. The molecule has 2 N–H and O–H groups in total. The number of phenolic OH excluding ortho intramolecular Hbond substituents is 2. The molecule has 2 heterocycles. The Labute approximate surface area is 272 Å². The van der Waals surface area contributed by atoms with Crippen LogP contribution in [0.4, 0.5) is 4.79 Å². The summed E-state index contributed by atoms with van der Waals surface area (Å²) in [6.07, 6.45) is 0. The maximum atomic E-state index is 14.0. The molecule has 10 nitrogen and oxygen atoms in total. The average molecular weight is 628 g/mol. The number of aliphatic imine (C=N–C) groups is 1. The molecule has 2 aliphatic heterocycles. The summed E-state index contributed by atoms with van der Waals surface area (Å²) in [5.74, 6) is 1.64. The number of rotatable bonds is 5. The zero-order valence-corrected chi connectivity index (χ0v) is 27.2. The first-order valence-corrected chi connectivity index (χ1v) is 15.0. The SMILES string of the molecule is C=C.C=O.CCN1CCN(C(=O)N2C(c3cc(C(C)(C)C#N)ccc3OC)=NC[C@H]2c2ccc(O)cc2)CC1.Oc1ccccc1. The third-order valence-corrected chi connectivity index (χ3v) is 7.73. The molecular formula is C36H45N5O5. The van der Waals surface area contributed by atoms with Gasteiger partial charge in [-0.1, -0.05) is 43.3 Å². The van der Waals surface area contributed by atoms with E-state index in [0.29, 0.717) is 42.5 Å². The maximum absolute atomic E-state index is 14.0. The van der Waals surface area contributed by atoms with Crippen LogP contribution >= 0.6 is 0 Å². The second-order valence-electron chi connectivity index (χ2n) is 10.8. The van der Waals surface area contributed by atoms with Gasteiger partial charge in [0, 0.05) is 26.2 Å². The number of ether oxygens (including phenoxy) is 1. The fourth-order valence-electron chi connectivity index (χ4n) is 5.04. The van der Waals surface area contributed by atoms with E-state index in [9.17, 15) is 15.2 Å². The summed E-state index contributed by atoms with van der Waals surface area (Å²) in [5, 5.41) is 28.1. The monoisotopic (exact) mass is 627 g/mol. The Hall–Kier alpha value is -5.14. The van der Waals surface area contributed by atoms with Crippen LogP contribution in [0.5, 0.6) is 17.2 Å². The van der Waals surface area contributed by atoms with E-state index in [1.54, 1.807) is 48.4 Å². The molecule has 46 heavy (non-hydrogen) atoms. The Kier molecular flexibility index (Phi) is 14.5. The Morgan fingerprint density at radius 3 is 2.07 bits per heavy atom. The van der Waals surface area contributed by atoms with Crippen LogP contribution < -0.4 is 4.74 Å². The standard InChI is InChI=1S/C27H33N5O3.C6H6O.C2H4.CH2O/c1-5-30-12-14-31(15-13-30)26(34)32-23(19-6-9-21(33)10-7-19)17-29-25(32)22-16-20(27(2,3)18-28)8-11-24(22)35-4;7-6-4-2-1-3-5-6;2*1-2/h6-11,16,23,33H,5,12-15,17H2,1-4H3;1-5,7H;1-2H2;1H2/t23-;;;/m0.../s1. The minimum Gasteiger partial charge on any atom is -0.508 e. The first-order chi connectivity index (χ1) is 22.2. The number of para-hydroxylation sites is 1. The fourth-order valence-corrected chi connectivity index (χ4v) is 5.04. The van der Waals surface area contributed by atoms with E-state index >= 15 is 0 Å². The number of likely N-dealkylation sites (N-methyl/N-ethyl adjacent to an activating group) is 1. The normalized spacial score (nSPS) is 15.8. The van der Waals surface area contributed by atoms with E-state index in [1.807, 2.05) is 61.9 Å². The molecule has 2 aliphatic rings. The lowest BCUT2D eigenvalue weighted by Gasteiger charge is -2.38. The second-order valence-corrected chi connectivity index (χ2v) is 10.8. The molecule has 0 aliphatic carbocycles. The van der Waals surface area contributed by atoms with Crippen LogP contribution in [0.1, 0.15) is 43.5 Å². The molecule has 0 unspecified atom stereocenters. The third-order valence-electron chi connectivity index (χ3n) is 7.73. The van der Waals surface area contributed by atoms with Crippen LogP contribution in [-0.4, -0.2) is 89.9 Å². The lowest BCUT2D eigenvalue weighted by molar-refractivity contribution is -0.0980. The number of amides is 2. The van der Waals surface area contributed by atoms with Gasteiger partial charge in [-0.2, -0.15) is 5.26 Å². The van der Waals surface area contributed by atoms with Crippen LogP contribution in [0.25, 0.3) is 0 Å². The highest BCUT2D eigenvalue weighted by atomic mass is 16.5. The third kappa shape index (κ3) is 9.19. The number of benzene rings is 3. The van der Waals surface area contributed by atoms with Crippen molar-refractivity contribution in [3.63, 3.8) is 0 Å². The van der Waals surface area contributed by atoms with Crippen molar-refractivity contribution in [3.8, 4) is 23.3 Å². The van der Waals surface area contributed by atoms with Crippen molar-refractivity contribution in [2.24, 2.45) is 4.99 Å². The number of phenols is 2. The molecule has 0 radical (unpaired) electrons. The van der Waals surface area contributed by atoms with E-state index in [4.69, 9.17) is 19.6 Å². The van der Waals surface area contributed by atoms with Gasteiger partial charge < -0.3 is 29.5 Å². The number of nitrogens with zero attached hydrogens (tertiary/aromatic N) is 5. The Morgan fingerprint density at radius 1 is 0.978 bits per heavy atom. The first-order valence-electron chi connectivity index (χ1n) is 15.0. The number of carbonyl (C=O) groups is 2. The summed E-state index contributed by atoms with van der Waals surface area (Å²) in [7, 11) is 1.59. The summed E-state index contributed by atoms with van der Waals surface area (Å²) < 4.78 is 5.66. The quantitative estimate of drug-likeness (QED) is 0.344. The number of urea groups is 1. The summed E-state index contributed by atoms with van der Waals surface area (Å²) in [6.45, 7) is 18.2. The molecule has 1 saturated heterocycles. The highest BCUT2D eigenvalue weighted by molar-refractivity contribution is 6.10. The summed E-state index contributed by atoms with van der Waals surface area (Å²) in [5.41, 5.74) is 1.71. The van der Waals surface area contributed by atoms with E-state index in [1.165, 1.54) is 0 Å². The Morgan fingerprint density at radius 2 is 1.57 bits per heavy atom. The number of hydrogen-bond acceptors (Lipinski definition) is 8. The molecular weight excluding hydrogens is 582 g/mol. The van der Waals surface area contributed by atoms with E-state index in [0.717, 1.165) is 30.8 Å². The number of hydrogen-bond donors (Lipinski definition) is 2. The van der Waals surface area contributed by atoms with Crippen LogP contribution in [-0.2, 0) is 10.2 Å². The number of piperazine rings is 1. The number of aromatic hydroxyl groups is 2. The molecule has 1 atom stereocenters. The van der Waals surface area contributed by atoms with Crippen molar-refractivity contribution >= 4 is 18.7 Å². The number of carbonyl (C=O) groups excluding carboxylic acids is 2. The summed E-state index contributed by atoms with van der Waals surface area (Å²) >= 11 is 0. The Bertz CT molecular complexity index is 1460. The molecule has 3 aromatic carbocycles. The lowest BCUT2D eigenvalue weighted by Crippen LogP contribution is -2.54. The van der Waals surface area contributed by atoms with Crippen molar-refractivity contribution in [2.75, 3.05) is 46.4 Å². The largest absolute Gasteiger partial charge is 0.508 e. The van der Waals surface area contributed by atoms with Crippen LogP contribution in [0, 0.1) is 11.3 Å². The van der Waals surface area contributed by atoms with Gasteiger partial charge >= 0.3 is 6.03 Å². The molecule has 5 rings (SSSR count). The van der Waals surface area contributed by atoms with Crippen molar-refractivity contribution in [1.29, 1.82) is 5.26 Å². The number of methoxy groups -OCH3 is 1. The molecule has 0 aromatic heterocycles. The predicted molar refractivity (Wildman–Crippen MR) is 181 cm³/mol. The highest BCUT2D eigenvalue weighted by Crippen LogP contribution is 2.36. The molecule has 0 bridgehead atoms. The van der Waals surface area contributed by atoms with Gasteiger partial charge in [-0.05, 0) is 67.9 Å². The highest BCUT2D eigenvalue weighted by Gasteiger charge is 2.39. The first kappa shape index (κ1) is 37.0. The minimum atomic E-state index is -0.706. The van der Waals surface area contributed by atoms with Gasteiger partial charge in [0.25, 0.3) is 0 Å². The molecule has 244 valence electrons. The molecule has 3 aromatic rings. The molecule has 0 saturated carbocycles. The van der Waals surface area contributed by atoms with E-state index < -0.39 is 5.41 Å². The average Bonchev–Trinajstić information content (AvgIpc) is 3.55. The fraction of sp³-hybridized carbons (Fsp3) is 0.333. The topological polar surface area (TPSA) is 130 Å². The van der Waals surface area contributed by atoms with Crippen LogP contribution in [0.2, 0.25) is 0 Å². The van der Waals surface area contributed by atoms with Crippen LogP contribution in [0.15, 0.2) is 90.9 Å². The predicted octanol–water partition coefficient (Wildman–Crippen LogP) is 5.77. The number of amidine groups is 1.